The monoisotopic (exact) mass is 356 g/mol. The first-order chi connectivity index (χ1) is 11.2. The Hall–Kier alpha value is -1.93. The fourth-order valence-corrected chi connectivity index (χ4v) is 3.50. The van der Waals surface area contributed by atoms with Gasteiger partial charge < -0.3 is 9.64 Å². The molecule has 0 radical (unpaired) electrons. The van der Waals surface area contributed by atoms with Gasteiger partial charge in [-0.05, 0) is 31.5 Å². The number of rotatable bonds is 8. The van der Waals surface area contributed by atoms with Crippen molar-refractivity contribution in [1.29, 1.82) is 0 Å². The molecule has 0 atom stereocenters. The maximum atomic E-state index is 12.8. The summed E-state index contributed by atoms with van der Waals surface area (Å²) < 4.78 is 31.6. The molecule has 0 aliphatic heterocycles. The predicted molar refractivity (Wildman–Crippen MR) is 90.1 cm³/mol. The molecule has 7 nitrogen and oxygen atoms in total. The lowest BCUT2D eigenvalue weighted by atomic mass is 10.2. The van der Waals surface area contributed by atoms with Crippen LogP contribution in [0.3, 0.4) is 0 Å². The second-order valence-electron chi connectivity index (χ2n) is 5.38. The van der Waals surface area contributed by atoms with Crippen LogP contribution in [0.1, 0.15) is 30.6 Å². The topological polar surface area (TPSA) is 84.0 Å². The fourth-order valence-electron chi connectivity index (χ4n) is 1.97. The van der Waals surface area contributed by atoms with Crippen molar-refractivity contribution in [2.45, 2.75) is 25.2 Å². The lowest BCUT2D eigenvalue weighted by molar-refractivity contribution is -0.128. The van der Waals surface area contributed by atoms with Gasteiger partial charge >= 0.3 is 5.97 Å². The Bertz CT molecular complexity index is 685. The molecule has 1 aromatic carbocycles. The third kappa shape index (κ3) is 5.04. The Morgan fingerprint density at radius 1 is 1.17 bits per heavy atom. The molecule has 24 heavy (non-hydrogen) atoms. The van der Waals surface area contributed by atoms with Crippen molar-refractivity contribution in [3.63, 3.8) is 0 Å². The van der Waals surface area contributed by atoms with Crippen LogP contribution < -0.4 is 0 Å². The largest absolute Gasteiger partial charge is 0.462 e. The molecule has 1 aromatic rings. The first kappa shape index (κ1) is 20.1. The van der Waals surface area contributed by atoms with Crippen LogP contribution in [-0.4, -0.2) is 63.3 Å². The number of sulfonamides is 1. The number of hydrogen-bond acceptors (Lipinski definition) is 5. The molecule has 134 valence electrons. The molecule has 0 bridgehead atoms. The van der Waals surface area contributed by atoms with Crippen molar-refractivity contribution in [3.8, 4) is 0 Å². The standard InChI is InChI=1S/C16H24N2O5S/c1-5-10-18(12-15(19)17(3)4)24(21,22)14-9-7-8-13(11-14)16(20)23-6-2/h7-9,11H,5-6,10,12H2,1-4H3. The van der Waals surface area contributed by atoms with Gasteiger partial charge in [0.1, 0.15) is 0 Å². The smallest absolute Gasteiger partial charge is 0.338 e. The van der Waals surface area contributed by atoms with Gasteiger partial charge in [0.15, 0.2) is 0 Å². The highest BCUT2D eigenvalue weighted by atomic mass is 32.2. The summed E-state index contributed by atoms with van der Waals surface area (Å²) in [4.78, 5) is 25.0. The summed E-state index contributed by atoms with van der Waals surface area (Å²) in [7, 11) is -0.745. The van der Waals surface area contributed by atoms with E-state index in [-0.39, 0.29) is 36.1 Å². The van der Waals surface area contributed by atoms with E-state index in [4.69, 9.17) is 4.74 Å². The molecule has 0 spiro atoms. The number of hydrogen-bond donors (Lipinski definition) is 0. The van der Waals surface area contributed by atoms with E-state index in [0.717, 1.165) is 4.31 Å². The minimum Gasteiger partial charge on any atom is -0.462 e. The van der Waals surface area contributed by atoms with E-state index >= 15 is 0 Å². The van der Waals surface area contributed by atoms with Gasteiger partial charge in [-0.3, -0.25) is 4.79 Å². The summed E-state index contributed by atoms with van der Waals surface area (Å²) in [5, 5.41) is 0. The quantitative estimate of drug-likeness (QED) is 0.657. The lowest BCUT2D eigenvalue weighted by Gasteiger charge is -2.23. The Morgan fingerprint density at radius 3 is 2.38 bits per heavy atom. The highest BCUT2D eigenvalue weighted by Gasteiger charge is 2.27. The van der Waals surface area contributed by atoms with Gasteiger partial charge in [-0.1, -0.05) is 13.0 Å². The first-order valence-electron chi connectivity index (χ1n) is 7.71. The van der Waals surface area contributed by atoms with E-state index in [9.17, 15) is 18.0 Å². The van der Waals surface area contributed by atoms with Crippen molar-refractivity contribution in [3.05, 3.63) is 29.8 Å². The second kappa shape index (κ2) is 8.79. The van der Waals surface area contributed by atoms with E-state index in [2.05, 4.69) is 0 Å². The van der Waals surface area contributed by atoms with Gasteiger partial charge in [0.05, 0.1) is 23.6 Å². The van der Waals surface area contributed by atoms with E-state index in [1.807, 2.05) is 6.92 Å². The van der Waals surface area contributed by atoms with Crippen LogP contribution in [-0.2, 0) is 19.6 Å². The highest BCUT2D eigenvalue weighted by Crippen LogP contribution is 2.18. The van der Waals surface area contributed by atoms with Crippen molar-refractivity contribution in [1.82, 2.24) is 9.21 Å². The van der Waals surface area contributed by atoms with Crippen LogP contribution in [0.5, 0.6) is 0 Å². The molecular formula is C16H24N2O5S. The molecule has 0 aliphatic rings. The molecule has 0 aliphatic carbocycles. The van der Waals surface area contributed by atoms with Crippen LogP contribution in [0.15, 0.2) is 29.2 Å². The predicted octanol–water partition coefficient (Wildman–Crippen LogP) is 1.35. The minimum atomic E-state index is -3.88. The molecule has 8 heteroatoms. The van der Waals surface area contributed by atoms with Crippen LogP contribution in [0.25, 0.3) is 0 Å². The van der Waals surface area contributed by atoms with Gasteiger partial charge in [-0.2, -0.15) is 4.31 Å². The Morgan fingerprint density at radius 2 is 1.83 bits per heavy atom. The minimum absolute atomic E-state index is 0.0342. The number of nitrogens with zero attached hydrogens (tertiary/aromatic N) is 2. The molecule has 0 fully saturated rings. The molecular weight excluding hydrogens is 332 g/mol. The Kier molecular flexibility index (Phi) is 7.37. The van der Waals surface area contributed by atoms with Gasteiger partial charge in [-0.15, -0.1) is 0 Å². The summed E-state index contributed by atoms with van der Waals surface area (Å²) in [6, 6.07) is 5.65. The molecule has 0 saturated heterocycles. The molecule has 0 aromatic heterocycles. The molecule has 0 N–H and O–H groups in total. The average Bonchev–Trinajstić information content (AvgIpc) is 2.54. The van der Waals surface area contributed by atoms with Gasteiger partial charge in [0, 0.05) is 20.6 Å². The number of esters is 1. The van der Waals surface area contributed by atoms with Gasteiger partial charge in [-0.25, -0.2) is 13.2 Å². The van der Waals surface area contributed by atoms with E-state index in [1.54, 1.807) is 21.0 Å². The Balaban J connectivity index is 3.17. The maximum absolute atomic E-state index is 12.8. The molecule has 0 saturated carbocycles. The Labute approximate surface area is 143 Å². The van der Waals surface area contributed by atoms with Crippen LogP contribution in [0, 0.1) is 0 Å². The van der Waals surface area contributed by atoms with Crippen molar-refractivity contribution >= 4 is 21.9 Å². The van der Waals surface area contributed by atoms with E-state index < -0.39 is 16.0 Å². The molecule has 0 unspecified atom stereocenters. The highest BCUT2D eigenvalue weighted by molar-refractivity contribution is 7.89. The fraction of sp³-hybridized carbons (Fsp3) is 0.500. The van der Waals surface area contributed by atoms with Crippen LogP contribution in [0.2, 0.25) is 0 Å². The zero-order chi connectivity index (χ0) is 18.3. The number of carbonyl (C=O) groups is 2. The molecule has 0 heterocycles. The number of likely N-dealkylation sites (N-methyl/N-ethyl adjacent to an activating group) is 1. The van der Waals surface area contributed by atoms with E-state index in [1.165, 1.54) is 29.2 Å². The summed E-state index contributed by atoms with van der Waals surface area (Å²) in [6.45, 7) is 3.68. The lowest BCUT2D eigenvalue weighted by Crippen LogP contribution is -2.40. The normalized spacial score (nSPS) is 11.4. The van der Waals surface area contributed by atoms with Crippen molar-refractivity contribution in [2.24, 2.45) is 0 Å². The number of carbonyl (C=O) groups excluding carboxylic acids is 2. The summed E-state index contributed by atoms with van der Waals surface area (Å²) in [5.74, 6) is -0.894. The van der Waals surface area contributed by atoms with Gasteiger partial charge in [0.2, 0.25) is 15.9 Å². The summed E-state index contributed by atoms with van der Waals surface area (Å²) >= 11 is 0. The van der Waals surface area contributed by atoms with Crippen molar-refractivity contribution < 1.29 is 22.7 Å². The SMILES string of the molecule is CCCN(CC(=O)N(C)C)S(=O)(=O)c1cccc(C(=O)OCC)c1. The first-order valence-corrected chi connectivity index (χ1v) is 9.15. The van der Waals surface area contributed by atoms with Crippen LogP contribution >= 0.6 is 0 Å². The number of amides is 1. The maximum Gasteiger partial charge on any atom is 0.338 e. The third-order valence-electron chi connectivity index (χ3n) is 3.27. The van der Waals surface area contributed by atoms with Gasteiger partial charge in [0.25, 0.3) is 0 Å². The van der Waals surface area contributed by atoms with E-state index in [0.29, 0.717) is 6.42 Å². The van der Waals surface area contributed by atoms with Crippen LogP contribution in [0.4, 0.5) is 0 Å². The second-order valence-corrected chi connectivity index (χ2v) is 7.31. The zero-order valence-electron chi connectivity index (χ0n) is 14.5. The number of benzene rings is 1. The number of ether oxygens (including phenoxy) is 1. The third-order valence-corrected chi connectivity index (χ3v) is 5.11. The summed E-state index contributed by atoms with van der Waals surface area (Å²) in [6.07, 6.45) is 0.567. The zero-order valence-corrected chi connectivity index (χ0v) is 15.3. The summed E-state index contributed by atoms with van der Waals surface area (Å²) in [5.41, 5.74) is 0.160. The molecule has 1 rings (SSSR count). The molecule has 1 amide bonds. The van der Waals surface area contributed by atoms with Crippen molar-refractivity contribution in [2.75, 3.05) is 33.8 Å². The average molecular weight is 356 g/mol.